The van der Waals surface area contributed by atoms with E-state index in [1.165, 1.54) is 30.3 Å². The lowest BCUT2D eigenvalue weighted by Crippen LogP contribution is -2.06. The summed E-state index contributed by atoms with van der Waals surface area (Å²) in [6, 6.07) is 13.9. The van der Waals surface area contributed by atoms with Crippen molar-refractivity contribution < 1.29 is 19.4 Å². The molecule has 0 saturated carbocycles. The van der Waals surface area contributed by atoms with Crippen molar-refractivity contribution >= 4 is 60.4 Å². The van der Waals surface area contributed by atoms with Crippen molar-refractivity contribution in [2.45, 2.75) is 0 Å². The van der Waals surface area contributed by atoms with Crippen LogP contribution in [-0.4, -0.2) is 19.2 Å². The predicted molar refractivity (Wildman–Crippen MR) is 123 cm³/mol. The van der Waals surface area contributed by atoms with Crippen molar-refractivity contribution in [3.8, 4) is 28.2 Å². The van der Waals surface area contributed by atoms with Crippen molar-refractivity contribution in [1.82, 2.24) is 0 Å². The molecule has 1 aliphatic carbocycles. The molecule has 2 aromatic rings. The number of carbonyl (C=O) groups is 1. The van der Waals surface area contributed by atoms with Gasteiger partial charge in [0.2, 0.25) is 0 Å². The fourth-order valence-corrected chi connectivity index (χ4v) is 3.71. The Kier molecular flexibility index (Phi) is 4.97. The predicted octanol–water partition coefficient (Wildman–Crippen LogP) is 5.10. The molecule has 144 valence electrons. The Morgan fingerprint density at radius 2 is 1.79 bits per heavy atom. The highest BCUT2D eigenvalue weighted by molar-refractivity contribution is 14.1. The van der Waals surface area contributed by atoms with Gasteiger partial charge in [0.15, 0.2) is 5.43 Å². The molecule has 8 heteroatoms. The number of hydrogen-bond acceptors (Lipinski definition) is 5. The first-order chi connectivity index (χ1) is 13.8. The van der Waals surface area contributed by atoms with Crippen molar-refractivity contribution in [3.63, 3.8) is 0 Å². The number of hydrogen-bond donors (Lipinski definition) is 3. The van der Waals surface area contributed by atoms with Gasteiger partial charge in [-0.2, -0.15) is 0 Å². The molecule has 1 aliphatic heterocycles. The van der Waals surface area contributed by atoms with Gasteiger partial charge in [-0.15, -0.1) is 0 Å². The summed E-state index contributed by atoms with van der Waals surface area (Å²) in [4.78, 5) is 23.9. The lowest BCUT2D eigenvalue weighted by Gasteiger charge is -2.17. The van der Waals surface area contributed by atoms with Crippen LogP contribution in [0.15, 0.2) is 63.8 Å². The molecular formula is C21H12INO5S. The molecule has 0 radical (unpaired) electrons. The van der Waals surface area contributed by atoms with E-state index in [0.717, 1.165) is 0 Å². The van der Waals surface area contributed by atoms with Crippen molar-refractivity contribution in [3.05, 3.63) is 70.4 Å². The van der Waals surface area contributed by atoms with Crippen LogP contribution in [-0.2, 0) is 0 Å². The summed E-state index contributed by atoms with van der Waals surface area (Å²) in [6.07, 6.45) is 0. The number of nitrogens with one attached hydrogen (secondary N) is 1. The Bertz CT molecular complexity index is 1330. The lowest BCUT2D eigenvalue weighted by molar-refractivity contribution is 0.0698. The number of aromatic carboxylic acids is 1. The van der Waals surface area contributed by atoms with E-state index in [1.807, 2.05) is 22.6 Å². The number of halogens is 1. The molecule has 2 aromatic carbocycles. The Morgan fingerprint density at radius 3 is 2.52 bits per heavy atom. The Balaban J connectivity index is 2.11. The van der Waals surface area contributed by atoms with E-state index >= 15 is 0 Å². The fraction of sp³-hybridized carbons (Fsp3) is 0. The van der Waals surface area contributed by atoms with Crippen molar-refractivity contribution in [1.29, 1.82) is 0 Å². The topological polar surface area (TPSA) is 99.8 Å². The summed E-state index contributed by atoms with van der Waals surface area (Å²) in [5, 5.41) is 23.2. The van der Waals surface area contributed by atoms with E-state index in [9.17, 15) is 19.8 Å². The normalized spacial score (nSPS) is 10.9. The van der Waals surface area contributed by atoms with E-state index in [4.69, 9.17) is 16.6 Å². The molecule has 0 fully saturated rings. The molecule has 0 saturated heterocycles. The Morgan fingerprint density at radius 1 is 1.03 bits per heavy atom. The molecule has 29 heavy (non-hydrogen) atoms. The first kappa shape index (κ1) is 19.3. The van der Waals surface area contributed by atoms with Crippen LogP contribution in [0.1, 0.15) is 10.4 Å². The zero-order valence-electron chi connectivity index (χ0n) is 14.6. The highest BCUT2D eigenvalue weighted by Gasteiger charge is 2.22. The molecule has 0 amide bonds. The van der Waals surface area contributed by atoms with Gasteiger partial charge in [0.25, 0.3) is 0 Å². The number of aromatic hydroxyl groups is 1. The van der Waals surface area contributed by atoms with Gasteiger partial charge in [-0.25, -0.2) is 4.79 Å². The van der Waals surface area contributed by atoms with Crippen LogP contribution in [0.25, 0.3) is 33.4 Å². The van der Waals surface area contributed by atoms with E-state index in [0.29, 0.717) is 42.1 Å². The number of rotatable bonds is 3. The number of anilines is 1. The zero-order valence-corrected chi connectivity index (χ0v) is 17.6. The van der Waals surface area contributed by atoms with Gasteiger partial charge in [0, 0.05) is 34.3 Å². The standard InChI is InChI=1S/C21H12INO5S/c22-21(29)23-10-1-4-13(16(7-10)20(26)27)19-14-5-2-11(24)8-17(14)28-18-9-12(25)3-6-15(18)19/h1-9,24H,(H,23,29)(H,26,27). The average molecular weight is 517 g/mol. The van der Waals surface area contributed by atoms with E-state index in [1.54, 1.807) is 24.3 Å². The highest BCUT2D eigenvalue weighted by atomic mass is 127. The molecule has 3 N–H and O–H groups in total. The SMILES string of the molecule is O=C(O)c1cc(NC(=S)I)ccc1-c1c2ccc(=O)cc-2oc2cc(O)ccc12. The lowest BCUT2D eigenvalue weighted by atomic mass is 9.90. The zero-order chi connectivity index (χ0) is 20.7. The highest BCUT2D eigenvalue weighted by Crippen LogP contribution is 2.42. The Hall–Kier alpha value is -2.98. The summed E-state index contributed by atoms with van der Waals surface area (Å²) in [5.41, 5.74) is 2.37. The summed E-state index contributed by atoms with van der Waals surface area (Å²) >= 11 is 6.96. The van der Waals surface area contributed by atoms with Crippen LogP contribution in [0.4, 0.5) is 5.69 Å². The number of thiocarbonyl (C=S) groups is 1. The third-order valence-electron chi connectivity index (χ3n) is 4.44. The fourth-order valence-electron chi connectivity index (χ4n) is 3.28. The second kappa shape index (κ2) is 7.45. The number of phenols is 1. The van der Waals surface area contributed by atoms with Gasteiger partial charge in [0.1, 0.15) is 20.1 Å². The monoisotopic (exact) mass is 517 g/mol. The van der Waals surface area contributed by atoms with Crippen molar-refractivity contribution in [2.24, 2.45) is 0 Å². The van der Waals surface area contributed by atoms with Crippen LogP contribution in [0, 0.1) is 0 Å². The molecule has 0 aromatic heterocycles. The van der Waals surface area contributed by atoms with Crippen LogP contribution in [0.2, 0.25) is 0 Å². The molecule has 0 atom stereocenters. The first-order valence-corrected chi connectivity index (χ1v) is 9.86. The van der Waals surface area contributed by atoms with Crippen LogP contribution >= 0.6 is 34.8 Å². The van der Waals surface area contributed by atoms with Gasteiger partial charge >= 0.3 is 5.97 Å². The smallest absolute Gasteiger partial charge is 0.336 e. The molecule has 6 nitrogen and oxygen atoms in total. The average Bonchev–Trinajstić information content (AvgIpc) is 2.65. The maximum absolute atomic E-state index is 12.0. The minimum absolute atomic E-state index is 0.00149. The minimum Gasteiger partial charge on any atom is -0.508 e. The minimum atomic E-state index is -1.11. The van der Waals surface area contributed by atoms with Gasteiger partial charge in [-0.05, 0) is 64.6 Å². The number of benzene rings is 3. The molecule has 0 bridgehead atoms. The molecule has 0 spiro atoms. The summed E-state index contributed by atoms with van der Waals surface area (Å²) in [7, 11) is 0. The second-order valence-corrected chi connectivity index (χ2v) is 8.50. The van der Waals surface area contributed by atoms with Crippen molar-refractivity contribution in [2.75, 3.05) is 5.32 Å². The Labute approximate surface area is 183 Å². The van der Waals surface area contributed by atoms with E-state index in [-0.39, 0.29) is 16.7 Å². The largest absolute Gasteiger partial charge is 0.508 e. The quantitative estimate of drug-likeness (QED) is 0.114. The first-order valence-electron chi connectivity index (χ1n) is 8.37. The molecule has 0 unspecified atom stereocenters. The summed E-state index contributed by atoms with van der Waals surface area (Å²) < 4.78 is 6.29. The van der Waals surface area contributed by atoms with E-state index in [2.05, 4.69) is 5.32 Å². The van der Waals surface area contributed by atoms with Gasteiger partial charge in [-0.1, -0.05) is 18.3 Å². The summed E-state index contributed by atoms with van der Waals surface area (Å²) in [6.45, 7) is 0. The third kappa shape index (κ3) is 3.68. The van der Waals surface area contributed by atoms with Gasteiger partial charge < -0.3 is 19.9 Å². The third-order valence-corrected chi connectivity index (χ3v) is 4.81. The van der Waals surface area contributed by atoms with E-state index < -0.39 is 5.97 Å². The number of carboxylic acids is 1. The molecule has 4 rings (SSSR count). The van der Waals surface area contributed by atoms with Crippen LogP contribution in [0.5, 0.6) is 5.75 Å². The van der Waals surface area contributed by atoms with Crippen LogP contribution < -0.4 is 10.7 Å². The van der Waals surface area contributed by atoms with Crippen LogP contribution in [0.3, 0.4) is 0 Å². The number of phenolic OH excluding ortho intramolecular Hbond substituents is 1. The van der Waals surface area contributed by atoms with Gasteiger partial charge in [0.05, 0.1) is 5.56 Å². The number of fused-ring (bicyclic) bond motifs is 2. The maximum Gasteiger partial charge on any atom is 0.336 e. The second-order valence-electron chi connectivity index (χ2n) is 6.28. The van der Waals surface area contributed by atoms with Gasteiger partial charge in [-0.3, -0.25) is 4.79 Å². The molecule has 2 aliphatic rings. The number of carboxylic acid groups (broad SMARTS) is 1. The molecule has 1 heterocycles. The maximum atomic E-state index is 12.0. The molecular weight excluding hydrogens is 505 g/mol. The summed E-state index contributed by atoms with van der Waals surface area (Å²) in [5.74, 6) is -0.805.